The molecule has 1 amide bonds. The lowest BCUT2D eigenvalue weighted by Crippen LogP contribution is -2.21. The highest BCUT2D eigenvalue weighted by Crippen LogP contribution is 2.20. The minimum atomic E-state index is -0.901. The van der Waals surface area contributed by atoms with Gasteiger partial charge in [0.15, 0.2) is 11.2 Å². The summed E-state index contributed by atoms with van der Waals surface area (Å²) in [5.74, 6) is 0.332. The van der Waals surface area contributed by atoms with E-state index in [0.717, 1.165) is 5.56 Å². The number of aromatic nitrogens is 4. The van der Waals surface area contributed by atoms with E-state index in [1.807, 2.05) is 18.2 Å². The summed E-state index contributed by atoms with van der Waals surface area (Å²) in [6.07, 6.45) is 1.47. The standard InChI is InChI=1S/C15H13N5O3/c16-15(22)23-10(9-4-2-1-3-5-9)8-11-19-13-12(14(21)20-11)17-6-7-18-13/h1-7,10H,8H2,(H2,16,22)(H,18,19,20,21). The van der Waals surface area contributed by atoms with E-state index in [1.54, 1.807) is 12.1 Å². The molecule has 0 saturated carbocycles. The van der Waals surface area contributed by atoms with Gasteiger partial charge >= 0.3 is 6.09 Å². The first-order valence-corrected chi connectivity index (χ1v) is 6.84. The number of ether oxygens (including phenoxy) is 1. The van der Waals surface area contributed by atoms with Gasteiger partial charge in [-0.25, -0.2) is 19.7 Å². The number of carbonyl (C=O) groups excluding carboxylic acids is 1. The second-order valence-corrected chi connectivity index (χ2v) is 4.78. The fourth-order valence-electron chi connectivity index (χ4n) is 2.23. The number of nitrogens with two attached hydrogens (primary N) is 1. The Kier molecular flexibility index (Phi) is 3.96. The number of H-pyrrole nitrogens is 1. The van der Waals surface area contributed by atoms with Gasteiger partial charge in [-0.15, -0.1) is 0 Å². The molecule has 23 heavy (non-hydrogen) atoms. The van der Waals surface area contributed by atoms with E-state index in [2.05, 4.69) is 19.9 Å². The molecule has 1 aromatic carbocycles. The van der Waals surface area contributed by atoms with Gasteiger partial charge in [0, 0.05) is 18.8 Å². The number of amides is 1. The highest BCUT2D eigenvalue weighted by molar-refractivity contribution is 5.67. The van der Waals surface area contributed by atoms with E-state index in [-0.39, 0.29) is 17.6 Å². The smallest absolute Gasteiger partial charge is 0.405 e. The summed E-state index contributed by atoms with van der Waals surface area (Å²) in [5, 5.41) is 0. The molecule has 8 heteroatoms. The molecule has 0 saturated heterocycles. The molecule has 0 aliphatic carbocycles. The summed E-state index contributed by atoms with van der Waals surface area (Å²) in [7, 11) is 0. The lowest BCUT2D eigenvalue weighted by atomic mass is 10.1. The van der Waals surface area contributed by atoms with Gasteiger partial charge in [0.1, 0.15) is 11.9 Å². The van der Waals surface area contributed by atoms with Crippen LogP contribution in [0.15, 0.2) is 47.5 Å². The van der Waals surface area contributed by atoms with E-state index >= 15 is 0 Å². The SMILES string of the molecule is NC(=O)OC(Cc1nc2nccnc2c(=O)[nH]1)c1ccccc1. The van der Waals surface area contributed by atoms with Crippen LogP contribution >= 0.6 is 0 Å². The zero-order chi connectivity index (χ0) is 16.2. The Morgan fingerprint density at radius 3 is 2.70 bits per heavy atom. The molecule has 1 unspecified atom stereocenters. The van der Waals surface area contributed by atoms with E-state index in [1.165, 1.54) is 12.4 Å². The van der Waals surface area contributed by atoms with Crippen LogP contribution in [0.3, 0.4) is 0 Å². The monoisotopic (exact) mass is 311 g/mol. The third-order valence-electron chi connectivity index (χ3n) is 3.20. The molecule has 1 atom stereocenters. The summed E-state index contributed by atoms with van der Waals surface area (Å²) in [4.78, 5) is 38.0. The van der Waals surface area contributed by atoms with Crippen molar-refractivity contribution in [3.63, 3.8) is 0 Å². The molecule has 3 aromatic rings. The van der Waals surface area contributed by atoms with Crippen LogP contribution in [0, 0.1) is 0 Å². The number of hydrogen-bond acceptors (Lipinski definition) is 6. The maximum Gasteiger partial charge on any atom is 0.405 e. The molecule has 0 bridgehead atoms. The van der Waals surface area contributed by atoms with Crippen LogP contribution < -0.4 is 11.3 Å². The highest BCUT2D eigenvalue weighted by Gasteiger charge is 2.18. The van der Waals surface area contributed by atoms with Gasteiger partial charge in [-0.3, -0.25) is 4.79 Å². The van der Waals surface area contributed by atoms with Crippen LogP contribution in [0.25, 0.3) is 11.2 Å². The van der Waals surface area contributed by atoms with Crippen LogP contribution in [0.5, 0.6) is 0 Å². The van der Waals surface area contributed by atoms with Crippen molar-refractivity contribution in [2.24, 2.45) is 5.73 Å². The molecular weight excluding hydrogens is 298 g/mol. The molecule has 0 radical (unpaired) electrons. The van der Waals surface area contributed by atoms with E-state index in [4.69, 9.17) is 10.5 Å². The Balaban J connectivity index is 1.97. The molecule has 116 valence electrons. The minimum absolute atomic E-state index is 0.156. The van der Waals surface area contributed by atoms with Gasteiger partial charge in [-0.2, -0.15) is 0 Å². The predicted molar refractivity (Wildman–Crippen MR) is 81.5 cm³/mol. The van der Waals surface area contributed by atoms with Crippen LogP contribution in [0.4, 0.5) is 4.79 Å². The van der Waals surface area contributed by atoms with E-state index < -0.39 is 17.8 Å². The third-order valence-corrected chi connectivity index (χ3v) is 3.20. The fraction of sp³-hybridized carbons (Fsp3) is 0.133. The quantitative estimate of drug-likeness (QED) is 0.743. The Hall–Kier alpha value is -3.29. The molecule has 3 rings (SSSR count). The van der Waals surface area contributed by atoms with Crippen molar-refractivity contribution in [3.05, 3.63) is 64.5 Å². The summed E-state index contributed by atoms with van der Waals surface area (Å²) in [5.41, 5.74) is 5.86. The second kappa shape index (κ2) is 6.22. The average molecular weight is 311 g/mol. The van der Waals surface area contributed by atoms with Crippen molar-refractivity contribution >= 4 is 17.3 Å². The Bertz CT molecular complexity index is 894. The lowest BCUT2D eigenvalue weighted by molar-refractivity contribution is 0.105. The van der Waals surface area contributed by atoms with E-state index in [9.17, 15) is 9.59 Å². The molecule has 0 fully saturated rings. The summed E-state index contributed by atoms with van der Waals surface area (Å²) in [6.45, 7) is 0. The number of nitrogens with zero attached hydrogens (tertiary/aromatic N) is 3. The van der Waals surface area contributed by atoms with Crippen LogP contribution in [-0.4, -0.2) is 26.0 Å². The largest absolute Gasteiger partial charge is 0.441 e. The van der Waals surface area contributed by atoms with Crippen LogP contribution in [0.1, 0.15) is 17.5 Å². The number of carbonyl (C=O) groups is 1. The molecule has 8 nitrogen and oxygen atoms in total. The maximum absolute atomic E-state index is 12.0. The van der Waals surface area contributed by atoms with E-state index in [0.29, 0.717) is 5.82 Å². The molecule has 0 aliphatic heterocycles. The van der Waals surface area contributed by atoms with Gasteiger partial charge in [0.2, 0.25) is 0 Å². The number of benzene rings is 1. The van der Waals surface area contributed by atoms with Gasteiger partial charge in [-0.05, 0) is 5.56 Å². The van der Waals surface area contributed by atoms with Gasteiger partial charge in [-0.1, -0.05) is 30.3 Å². The summed E-state index contributed by atoms with van der Waals surface area (Å²) >= 11 is 0. The topological polar surface area (TPSA) is 124 Å². The van der Waals surface area contributed by atoms with Gasteiger partial charge in [0.05, 0.1) is 0 Å². The molecular formula is C15H13N5O3. The first-order valence-electron chi connectivity index (χ1n) is 6.84. The Morgan fingerprint density at radius 1 is 1.22 bits per heavy atom. The summed E-state index contributed by atoms with van der Waals surface area (Å²) < 4.78 is 5.13. The maximum atomic E-state index is 12.0. The van der Waals surface area contributed by atoms with Crippen molar-refractivity contribution in [1.29, 1.82) is 0 Å². The van der Waals surface area contributed by atoms with Crippen molar-refractivity contribution in [3.8, 4) is 0 Å². The predicted octanol–water partition coefficient (Wildman–Crippen LogP) is 1.09. The third kappa shape index (κ3) is 3.31. The molecule has 0 spiro atoms. The number of hydrogen-bond donors (Lipinski definition) is 2. The molecule has 3 N–H and O–H groups in total. The normalized spacial score (nSPS) is 12.0. The van der Waals surface area contributed by atoms with Gasteiger partial charge in [0.25, 0.3) is 5.56 Å². The highest BCUT2D eigenvalue weighted by atomic mass is 16.6. The lowest BCUT2D eigenvalue weighted by Gasteiger charge is -2.16. The van der Waals surface area contributed by atoms with Crippen molar-refractivity contribution in [2.45, 2.75) is 12.5 Å². The van der Waals surface area contributed by atoms with Gasteiger partial charge < -0.3 is 15.5 Å². The Labute approximate surface area is 130 Å². The van der Waals surface area contributed by atoms with Crippen molar-refractivity contribution in [1.82, 2.24) is 19.9 Å². The molecule has 2 aromatic heterocycles. The minimum Gasteiger partial charge on any atom is -0.441 e. The second-order valence-electron chi connectivity index (χ2n) is 4.78. The molecule has 0 aliphatic rings. The number of primary amides is 1. The molecule has 2 heterocycles. The number of rotatable bonds is 4. The van der Waals surface area contributed by atoms with Crippen molar-refractivity contribution in [2.75, 3.05) is 0 Å². The summed E-state index contributed by atoms with van der Waals surface area (Å²) in [6, 6.07) is 9.07. The van der Waals surface area contributed by atoms with Crippen LogP contribution in [-0.2, 0) is 11.2 Å². The first-order chi connectivity index (χ1) is 11.1. The Morgan fingerprint density at radius 2 is 1.96 bits per heavy atom. The number of aromatic amines is 1. The average Bonchev–Trinajstić information content (AvgIpc) is 2.55. The zero-order valence-corrected chi connectivity index (χ0v) is 12.0. The fourth-order valence-corrected chi connectivity index (χ4v) is 2.23. The van der Waals surface area contributed by atoms with Crippen LogP contribution in [0.2, 0.25) is 0 Å². The number of nitrogens with one attached hydrogen (secondary N) is 1. The first kappa shape index (κ1) is 14.6. The van der Waals surface area contributed by atoms with Crippen molar-refractivity contribution < 1.29 is 9.53 Å². The zero-order valence-electron chi connectivity index (χ0n) is 12.0. The number of fused-ring (bicyclic) bond motifs is 1.